The van der Waals surface area contributed by atoms with Gasteiger partial charge in [0, 0.05) is 13.5 Å². The van der Waals surface area contributed by atoms with Crippen LogP contribution < -0.4 is 10.1 Å². The number of carbonyl (C=O) groups is 2. The highest BCUT2D eigenvalue weighted by Crippen LogP contribution is 2.22. The molecule has 9 heteroatoms. The Bertz CT molecular complexity index is 1010. The van der Waals surface area contributed by atoms with E-state index in [1.165, 1.54) is 11.9 Å². The average molecular weight is 470 g/mol. The second-order valence-corrected chi connectivity index (χ2v) is 8.15. The lowest BCUT2D eigenvalue weighted by molar-refractivity contribution is -0.153. The molecular formula is C25H31N3O6. The van der Waals surface area contributed by atoms with Gasteiger partial charge in [-0.25, -0.2) is 4.99 Å². The maximum absolute atomic E-state index is 12.6. The monoisotopic (exact) mass is 469 g/mol. The van der Waals surface area contributed by atoms with Gasteiger partial charge in [0.1, 0.15) is 12.4 Å². The van der Waals surface area contributed by atoms with E-state index in [2.05, 4.69) is 10.3 Å². The molecule has 0 saturated heterocycles. The number of nitrogens with zero attached hydrogens (tertiary/aromatic N) is 2. The van der Waals surface area contributed by atoms with Crippen molar-refractivity contribution in [3.63, 3.8) is 0 Å². The fraction of sp³-hybridized carbons (Fsp3) is 0.400. The minimum absolute atomic E-state index is 0.0600. The van der Waals surface area contributed by atoms with Gasteiger partial charge in [0.25, 0.3) is 11.8 Å². The van der Waals surface area contributed by atoms with Crippen LogP contribution in [0.15, 0.2) is 59.6 Å². The SMILES string of the molecule is COc1ccccc1CC1COC(CNC(=O)[C@H](O)[C@@H](O)C(=O)N(C)[C@H](C)c2ccccc2)=N1. The molecule has 4 atom stereocenters. The summed E-state index contributed by atoms with van der Waals surface area (Å²) in [6, 6.07) is 16.4. The highest BCUT2D eigenvalue weighted by molar-refractivity contribution is 5.92. The number of para-hydroxylation sites is 1. The zero-order valence-corrected chi connectivity index (χ0v) is 19.5. The number of aliphatic imine (C=N–C) groups is 1. The minimum Gasteiger partial charge on any atom is -0.496 e. The van der Waals surface area contributed by atoms with Crippen molar-refractivity contribution in [3.8, 4) is 5.75 Å². The number of ether oxygens (including phenoxy) is 2. The number of aliphatic hydroxyl groups excluding tert-OH is 2. The second kappa shape index (κ2) is 11.6. The van der Waals surface area contributed by atoms with Crippen molar-refractivity contribution in [2.45, 2.75) is 37.6 Å². The summed E-state index contributed by atoms with van der Waals surface area (Å²) in [6.07, 6.45) is -3.21. The second-order valence-electron chi connectivity index (χ2n) is 8.15. The first-order valence-corrected chi connectivity index (χ1v) is 11.1. The van der Waals surface area contributed by atoms with E-state index in [1.54, 1.807) is 14.0 Å². The van der Waals surface area contributed by atoms with Gasteiger partial charge in [0.05, 0.1) is 25.7 Å². The molecule has 0 spiro atoms. The number of hydrogen-bond acceptors (Lipinski definition) is 7. The first-order chi connectivity index (χ1) is 16.3. The first-order valence-electron chi connectivity index (χ1n) is 11.1. The number of hydrogen-bond donors (Lipinski definition) is 3. The van der Waals surface area contributed by atoms with Gasteiger partial charge in [0.2, 0.25) is 5.90 Å². The molecule has 9 nitrogen and oxygen atoms in total. The summed E-state index contributed by atoms with van der Waals surface area (Å²) in [5.74, 6) is -0.560. The van der Waals surface area contributed by atoms with Gasteiger partial charge in [-0.3, -0.25) is 9.59 Å². The molecule has 0 radical (unpaired) electrons. The van der Waals surface area contributed by atoms with E-state index in [0.717, 1.165) is 16.9 Å². The normalized spacial score (nSPS) is 17.7. The number of aliphatic hydroxyl groups is 2. The molecule has 0 aliphatic carbocycles. The lowest BCUT2D eigenvalue weighted by atomic mass is 10.1. The molecule has 34 heavy (non-hydrogen) atoms. The molecule has 0 fully saturated rings. The number of methoxy groups -OCH3 is 1. The van der Waals surface area contributed by atoms with Crippen molar-refractivity contribution in [1.82, 2.24) is 10.2 Å². The quantitative estimate of drug-likeness (QED) is 0.479. The Balaban J connectivity index is 1.51. The molecule has 2 aromatic carbocycles. The summed E-state index contributed by atoms with van der Waals surface area (Å²) in [4.78, 5) is 30.7. The van der Waals surface area contributed by atoms with Gasteiger partial charge in [-0.15, -0.1) is 0 Å². The average Bonchev–Trinajstić information content (AvgIpc) is 3.33. The maximum atomic E-state index is 12.6. The van der Waals surface area contributed by atoms with Crippen LogP contribution in [0.3, 0.4) is 0 Å². The molecule has 0 saturated carbocycles. The molecule has 0 bridgehead atoms. The van der Waals surface area contributed by atoms with Crippen molar-refractivity contribution in [2.75, 3.05) is 27.3 Å². The molecule has 182 valence electrons. The number of nitrogens with one attached hydrogen (secondary N) is 1. The number of rotatable bonds is 10. The molecule has 3 rings (SSSR count). The summed E-state index contributed by atoms with van der Waals surface area (Å²) in [6.45, 7) is 2.09. The van der Waals surface area contributed by atoms with Crippen LogP contribution in [0, 0.1) is 0 Å². The fourth-order valence-corrected chi connectivity index (χ4v) is 3.70. The number of amides is 2. The Labute approximate surface area is 199 Å². The van der Waals surface area contributed by atoms with Gasteiger partial charge in [-0.05, 0) is 24.1 Å². The van der Waals surface area contributed by atoms with Crippen LogP contribution in [0.1, 0.15) is 24.1 Å². The molecule has 1 unspecified atom stereocenters. The Kier molecular flexibility index (Phi) is 8.61. The van der Waals surface area contributed by atoms with Gasteiger partial charge in [-0.1, -0.05) is 48.5 Å². The Morgan fingerprint density at radius 2 is 1.82 bits per heavy atom. The number of carbonyl (C=O) groups excluding carboxylic acids is 2. The van der Waals surface area contributed by atoms with Crippen molar-refractivity contribution in [2.24, 2.45) is 4.99 Å². The van der Waals surface area contributed by atoms with E-state index in [4.69, 9.17) is 9.47 Å². The Hall–Kier alpha value is -3.43. The molecule has 2 amide bonds. The highest BCUT2D eigenvalue weighted by Gasteiger charge is 2.34. The maximum Gasteiger partial charge on any atom is 0.254 e. The van der Waals surface area contributed by atoms with Crippen LogP contribution in [-0.4, -0.2) is 78.4 Å². The van der Waals surface area contributed by atoms with Crippen LogP contribution in [0.25, 0.3) is 0 Å². The van der Waals surface area contributed by atoms with Crippen molar-refractivity contribution in [3.05, 3.63) is 65.7 Å². The third-order valence-electron chi connectivity index (χ3n) is 5.86. The number of likely N-dealkylation sites (N-methyl/N-ethyl adjacent to an activating group) is 1. The lowest BCUT2D eigenvalue weighted by Gasteiger charge is -2.28. The predicted octanol–water partition coefficient (Wildman–Crippen LogP) is 1.09. The van der Waals surface area contributed by atoms with Gasteiger partial charge >= 0.3 is 0 Å². The van der Waals surface area contributed by atoms with Crippen molar-refractivity contribution < 1.29 is 29.3 Å². The zero-order valence-electron chi connectivity index (χ0n) is 19.5. The van der Waals surface area contributed by atoms with Crippen molar-refractivity contribution >= 4 is 17.7 Å². The van der Waals surface area contributed by atoms with E-state index < -0.39 is 24.0 Å². The molecular weight excluding hydrogens is 438 g/mol. The largest absolute Gasteiger partial charge is 0.496 e. The molecule has 1 aliphatic heterocycles. The predicted molar refractivity (Wildman–Crippen MR) is 127 cm³/mol. The molecule has 1 aliphatic rings. The van der Waals surface area contributed by atoms with Gasteiger partial charge < -0.3 is 29.9 Å². The fourth-order valence-electron chi connectivity index (χ4n) is 3.70. The van der Waals surface area contributed by atoms with E-state index in [1.807, 2.05) is 54.6 Å². The van der Waals surface area contributed by atoms with Crippen molar-refractivity contribution in [1.29, 1.82) is 0 Å². The van der Waals surface area contributed by atoms with E-state index in [0.29, 0.717) is 18.9 Å². The third kappa shape index (κ3) is 6.12. The minimum atomic E-state index is -1.93. The Morgan fingerprint density at radius 3 is 2.53 bits per heavy atom. The van der Waals surface area contributed by atoms with Crippen LogP contribution in [0.5, 0.6) is 5.75 Å². The van der Waals surface area contributed by atoms with Crippen LogP contribution >= 0.6 is 0 Å². The van der Waals surface area contributed by atoms with Gasteiger partial charge in [0.15, 0.2) is 12.2 Å². The van der Waals surface area contributed by atoms with Crippen LogP contribution in [0.2, 0.25) is 0 Å². The first kappa shape index (κ1) is 25.2. The van der Waals surface area contributed by atoms with Gasteiger partial charge in [-0.2, -0.15) is 0 Å². The molecule has 2 aromatic rings. The molecule has 1 heterocycles. The summed E-state index contributed by atoms with van der Waals surface area (Å²) in [5.41, 5.74) is 1.86. The van der Waals surface area contributed by atoms with E-state index in [-0.39, 0.29) is 18.6 Å². The van der Waals surface area contributed by atoms with Crippen LogP contribution in [0.4, 0.5) is 0 Å². The smallest absolute Gasteiger partial charge is 0.254 e. The summed E-state index contributed by atoms with van der Waals surface area (Å²) >= 11 is 0. The molecule has 3 N–H and O–H groups in total. The number of benzene rings is 2. The lowest BCUT2D eigenvalue weighted by Crippen LogP contribution is -2.51. The van der Waals surface area contributed by atoms with E-state index in [9.17, 15) is 19.8 Å². The third-order valence-corrected chi connectivity index (χ3v) is 5.86. The summed E-state index contributed by atoms with van der Waals surface area (Å²) < 4.78 is 10.9. The topological polar surface area (TPSA) is 121 Å². The standard InChI is InChI=1S/C25H31N3O6/c1-16(17-9-5-4-6-10-17)28(2)25(32)23(30)22(29)24(31)26-14-21-27-19(15-34-21)13-18-11-7-8-12-20(18)33-3/h4-12,16,19,22-23,29-30H,13-15H2,1-3H3,(H,26,31)/t16-,19?,22-,23-/m1/s1. The summed E-state index contributed by atoms with van der Waals surface area (Å²) in [5, 5.41) is 23.0. The molecule has 0 aromatic heterocycles. The summed E-state index contributed by atoms with van der Waals surface area (Å²) in [7, 11) is 3.12. The van der Waals surface area contributed by atoms with Crippen LogP contribution in [-0.2, 0) is 20.7 Å². The highest BCUT2D eigenvalue weighted by atomic mass is 16.5. The zero-order chi connectivity index (χ0) is 24.7. The Morgan fingerprint density at radius 1 is 1.15 bits per heavy atom. The van der Waals surface area contributed by atoms with E-state index >= 15 is 0 Å².